The third-order valence-electron chi connectivity index (χ3n) is 3.82. The predicted octanol–water partition coefficient (Wildman–Crippen LogP) is 2.56. The second-order valence-electron chi connectivity index (χ2n) is 6.14. The van der Waals surface area contributed by atoms with Crippen molar-refractivity contribution in [2.45, 2.75) is 26.9 Å². The van der Waals surface area contributed by atoms with Gasteiger partial charge in [0.25, 0.3) is 0 Å². The Morgan fingerprint density at radius 1 is 1.07 bits per heavy atom. The van der Waals surface area contributed by atoms with Crippen molar-refractivity contribution in [3.8, 4) is 11.5 Å². The molecule has 0 aliphatic rings. The van der Waals surface area contributed by atoms with Crippen molar-refractivity contribution in [3.05, 3.63) is 59.2 Å². The molecule has 2 aromatic carbocycles. The normalized spacial score (nSPS) is 10.5. The monoisotopic (exact) mass is 383 g/mol. The van der Waals surface area contributed by atoms with E-state index in [4.69, 9.17) is 9.47 Å². The minimum absolute atomic E-state index is 0.424. The Bertz CT molecular complexity index is 832. The van der Waals surface area contributed by atoms with Gasteiger partial charge in [-0.1, -0.05) is 36.8 Å². The van der Waals surface area contributed by atoms with Crippen molar-refractivity contribution < 1.29 is 19.1 Å². The first-order valence-electron chi connectivity index (χ1n) is 9.01. The molecule has 0 saturated heterocycles. The summed E-state index contributed by atoms with van der Waals surface area (Å²) in [7, 11) is 1.55. The molecule has 0 aliphatic carbocycles. The van der Waals surface area contributed by atoms with Crippen LogP contribution in [-0.4, -0.2) is 31.7 Å². The van der Waals surface area contributed by atoms with Crippen LogP contribution in [0.1, 0.15) is 30.0 Å². The van der Waals surface area contributed by atoms with Gasteiger partial charge in [-0.3, -0.25) is 9.59 Å². The third kappa shape index (κ3) is 6.42. The van der Waals surface area contributed by atoms with Crippen molar-refractivity contribution in [1.82, 2.24) is 10.7 Å². The molecule has 0 fully saturated rings. The number of carbonyl (C=O) groups is 2. The van der Waals surface area contributed by atoms with Gasteiger partial charge in [-0.15, -0.1) is 0 Å². The molecule has 0 saturated carbocycles. The van der Waals surface area contributed by atoms with E-state index in [9.17, 15) is 9.59 Å². The number of methoxy groups -OCH3 is 1. The van der Waals surface area contributed by atoms with E-state index in [0.29, 0.717) is 30.2 Å². The standard InChI is InChI=1S/C21H25N3O4/c1-4-11-22-20(25)21(26)24-23-13-17-9-10-18(19(12-17)27-3)28-14-16-7-5-15(2)6-8-16/h5-10,12-13H,4,11,14H2,1-3H3,(H,22,25)(H,24,26)/b23-13-. The number of rotatable bonds is 8. The van der Waals surface area contributed by atoms with Crippen molar-refractivity contribution >= 4 is 18.0 Å². The Hall–Kier alpha value is -3.35. The molecule has 148 valence electrons. The number of carbonyl (C=O) groups excluding carboxylic acids is 2. The highest BCUT2D eigenvalue weighted by atomic mass is 16.5. The molecule has 2 aromatic rings. The maximum atomic E-state index is 11.6. The fourth-order valence-corrected chi connectivity index (χ4v) is 2.26. The highest BCUT2D eigenvalue weighted by Gasteiger charge is 2.11. The number of hydrogen-bond donors (Lipinski definition) is 2. The molecule has 0 aromatic heterocycles. The molecular formula is C21H25N3O4. The third-order valence-corrected chi connectivity index (χ3v) is 3.82. The van der Waals surface area contributed by atoms with Gasteiger partial charge >= 0.3 is 11.8 Å². The molecule has 0 atom stereocenters. The topological polar surface area (TPSA) is 89.0 Å². The van der Waals surface area contributed by atoms with Gasteiger partial charge in [-0.05, 0) is 42.7 Å². The summed E-state index contributed by atoms with van der Waals surface area (Å²) in [5.41, 5.74) is 5.13. The number of benzene rings is 2. The molecule has 0 unspecified atom stereocenters. The molecule has 0 radical (unpaired) electrons. The number of nitrogens with one attached hydrogen (secondary N) is 2. The van der Waals surface area contributed by atoms with Crippen LogP contribution < -0.4 is 20.2 Å². The Kier molecular flexibility index (Phi) is 8.02. The summed E-state index contributed by atoms with van der Waals surface area (Å²) in [6, 6.07) is 13.4. The smallest absolute Gasteiger partial charge is 0.329 e. The average molecular weight is 383 g/mol. The lowest BCUT2D eigenvalue weighted by Gasteiger charge is -2.11. The van der Waals surface area contributed by atoms with Gasteiger partial charge in [0, 0.05) is 6.54 Å². The number of aryl methyl sites for hydroxylation is 1. The van der Waals surface area contributed by atoms with E-state index in [-0.39, 0.29) is 0 Å². The molecule has 7 nitrogen and oxygen atoms in total. The molecule has 7 heteroatoms. The number of hydrogen-bond acceptors (Lipinski definition) is 5. The zero-order valence-corrected chi connectivity index (χ0v) is 16.3. The highest BCUT2D eigenvalue weighted by molar-refractivity contribution is 6.35. The molecule has 28 heavy (non-hydrogen) atoms. The van der Waals surface area contributed by atoms with Crippen LogP contribution in [0.4, 0.5) is 0 Å². The summed E-state index contributed by atoms with van der Waals surface area (Å²) in [5.74, 6) is -0.377. The van der Waals surface area contributed by atoms with E-state index in [1.807, 2.05) is 38.1 Å². The maximum Gasteiger partial charge on any atom is 0.329 e. The first-order chi connectivity index (χ1) is 13.5. The summed E-state index contributed by atoms with van der Waals surface area (Å²) >= 11 is 0. The molecule has 0 spiro atoms. The lowest BCUT2D eigenvalue weighted by Crippen LogP contribution is -2.38. The summed E-state index contributed by atoms with van der Waals surface area (Å²) in [6.07, 6.45) is 2.18. The van der Waals surface area contributed by atoms with Crippen LogP contribution >= 0.6 is 0 Å². The van der Waals surface area contributed by atoms with Gasteiger partial charge in [-0.2, -0.15) is 5.10 Å². The maximum absolute atomic E-state index is 11.6. The number of amides is 2. The fourth-order valence-electron chi connectivity index (χ4n) is 2.26. The fraction of sp³-hybridized carbons (Fsp3) is 0.286. The van der Waals surface area contributed by atoms with Crippen LogP contribution in [0.2, 0.25) is 0 Å². The quantitative estimate of drug-likeness (QED) is 0.417. The van der Waals surface area contributed by atoms with E-state index in [1.165, 1.54) is 11.8 Å². The molecule has 2 N–H and O–H groups in total. The molecule has 2 amide bonds. The minimum atomic E-state index is -0.810. The van der Waals surface area contributed by atoms with Crippen LogP contribution in [0.5, 0.6) is 11.5 Å². The molecule has 0 bridgehead atoms. The van der Waals surface area contributed by atoms with Crippen LogP contribution in [0.15, 0.2) is 47.6 Å². The second-order valence-corrected chi connectivity index (χ2v) is 6.14. The van der Waals surface area contributed by atoms with E-state index < -0.39 is 11.8 Å². The van der Waals surface area contributed by atoms with Crippen molar-refractivity contribution in [1.29, 1.82) is 0 Å². The number of nitrogens with zero attached hydrogens (tertiary/aromatic N) is 1. The largest absolute Gasteiger partial charge is 0.493 e. The molecule has 0 heterocycles. The first kappa shape index (κ1) is 21.0. The van der Waals surface area contributed by atoms with Gasteiger partial charge < -0.3 is 14.8 Å². The van der Waals surface area contributed by atoms with Gasteiger partial charge in [0.15, 0.2) is 11.5 Å². The van der Waals surface area contributed by atoms with E-state index in [0.717, 1.165) is 12.0 Å². The Morgan fingerprint density at radius 2 is 1.82 bits per heavy atom. The van der Waals surface area contributed by atoms with Crippen LogP contribution in [0.25, 0.3) is 0 Å². The Labute approximate surface area is 164 Å². The van der Waals surface area contributed by atoms with E-state index in [1.54, 1.807) is 25.3 Å². The lowest BCUT2D eigenvalue weighted by molar-refractivity contribution is -0.139. The van der Waals surface area contributed by atoms with Gasteiger partial charge in [-0.25, -0.2) is 5.43 Å². The number of ether oxygens (including phenoxy) is 2. The van der Waals surface area contributed by atoms with Crippen molar-refractivity contribution in [2.75, 3.05) is 13.7 Å². The van der Waals surface area contributed by atoms with E-state index in [2.05, 4.69) is 15.8 Å². The Balaban J connectivity index is 1.95. The first-order valence-corrected chi connectivity index (χ1v) is 9.01. The zero-order chi connectivity index (χ0) is 20.4. The summed E-state index contributed by atoms with van der Waals surface area (Å²) in [5, 5.41) is 6.27. The highest BCUT2D eigenvalue weighted by Crippen LogP contribution is 2.28. The minimum Gasteiger partial charge on any atom is -0.493 e. The van der Waals surface area contributed by atoms with E-state index >= 15 is 0 Å². The summed E-state index contributed by atoms with van der Waals surface area (Å²) < 4.78 is 11.2. The van der Waals surface area contributed by atoms with Gasteiger partial charge in [0.05, 0.1) is 13.3 Å². The zero-order valence-electron chi connectivity index (χ0n) is 16.3. The van der Waals surface area contributed by atoms with Crippen LogP contribution in [0.3, 0.4) is 0 Å². The predicted molar refractivity (Wildman–Crippen MR) is 108 cm³/mol. The molecular weight excluding hydrogens is 358 g/mol. The second kappa shape index (κ2) is 10.7. The van der Waals surface area contributed by atoms with Gasteiger partial charge in [0.2, 0.25) is 0 Å². The summed E-state index contributed by atoms with van der Waals surface area (Å²) in [4.78, 5) is 23.0. The SMILES string of the molecule is CCCNC(=O)C(=O)N/N=C\c1ccc(OCc2ccc(C)cc2)c(OC)c1. The summed E-state index contributed by atoms with van der Waals surface area (Å²) in [6.45, 7) is 4.80. The lowest BCUT2D eigenvalue weighted by atomic mass is 10.2. The van der Waals surface area contributed by atoms with Crippen molar-refractivity contribution in [2.24, 2.45) is 5.10 Å². The number of hydrazone groups is 1. The average Bonchev–Trinajstić information content (AvgIpc) is 2.71. The van der Waals surface area contributed by atoms with Crippen molar-refractivity contribution in [3.63, 3.8) is 0 Å². The molecule has 2 rings (SSSR count). The molecule has 0 aliphatic heterocycles. The van der Waals surface area contributed by atoms with Gasteiger partial charge in [0.1, 0.15) is 6.61 Å². The van der Waals surface area contributed by atoms with Crippen LogP contribution in [-0.2, 0) is 16.2 Å². The Morgan fingerprint density at radius 3 is 2.50 bits per heavy atom. The van der Waals surface area contributed by atoms with Crippen LogP contribution in [0, 0.1) is 6.92 Å².